The first-order valence-electron chi connectivity index (χ1n) is 8.32. The molecule has 0 atom stereocenters. The molecule has 3 heterocycles. The Morgan fingerprint density at radius 1 is 1.27 bits per heavy atom. The monoisotopic (exact) mass is 368 g/mol. The van der Waals surface area contributed by atoms with E-state index in [0.29, 0.717) is 17.5 Å². The number of hydrogen-bond acceptors (Lipinski definition) is 7. The third-order valence-electron chi connectivity index (χ3n) is 4.51. The number of ether oxygens (including phenoxy) is 1. The number of aromatic amines is 1. The lowest BCUT2D eigenvalue weighted by molar-refractivity contribution is 0.416. The van der Waals surface area contributed by atoms with Crippen molar-refractivity contribution in [2.45, 2.75) is 18.1 Å². The summed E-state index contributed by atoms with van der Waals surface area (Å²) in [4.78, 5) is 11.1. The Kier molecular flexibility index (Phi) is 4.42. The van der Waals surface area contributed by atoms with Crippen LogP contribution in [0.4, 0.5) is 11.6 Å². The van der Waals surface area contributed by atoms with E-state index in [4.69, 9.17) is 10.5 Å². The summed E-state index contributed by atoms with van der Waals surface area (Å²) in [5.41, 5.74) is 10.2. The second-order valence-electron chi connectivity index (χ2n) is 6.04. The van der Waals surface area contributed by atoms with E-state index in [-0.39, 0.29) is 0 Å². The summed E-state index contributed by atoms with van der Waals surface area (Å²) in [5.74, 6) is 2.15. The number of H-pyrrole nitrogens is 1. The van der Waals surface area contributed by atoms with Crippen LogP contribution in [0, 0.1) is 0 Å². The first kappa shape index (κ1) is 16.7. The molecular weight excluding hydrogens is 348 g/mol. The highest BCUT2D eigenvalue weighted by atomic mass is 32.2. The summed E-state index contributed by atoms with van der Waals surface area (Å²) in [6.45, 7) is 1.56. The molecule has 0 aliphatic carbocycles. The van der Waals surface area contributed by atoms with Crippen molar-refractivity contribution in [3.8, 4) is 17.0 Å². The van der Waals surface area contributed by atoms with Crippen molar-refractivity contribution in [2.75, 3.05) is 30.5 Å². The van der Waals surface area contributed by atoms with Gasteiger partial charge in [0.25, 0.3) is 0 Å². The summed E-state index contributed by atoms with van der Waals surface area (Å²) < 4.78 is 5.51. The fraction of sp³-hybridized carbons (Fsp3) is 0.278. The van der Waals surface area contributed by atoms with Gasteiger partial charge in [-0.05, 0) is 18.4 Å². The zero-order chi connectivity index (χ0) is 18.1. The summed E-state index contributed by atoms with van der Waals surface area (Å²) in [5, 5.41) is 8.43. The van der Waals surface area contributed by atoms with Gasteiger partial charge in [-0.2, -0.15) is 5.10 Å². The lowest BCUT2D eigenvalue weighted by Gasteiger charge is -2.28. The maximum atomic E-state index is 5.95. The maximum absolute atomic E-state index is 5.95. The minimum absolute atomic E-state index is 0.488. The quantitative estimate of drug-likeness (QED) is 0.540. The van der Waals surface area contributed by atoms with E-state index in [1.165, 1.54) is 17.3 Å². The number of nitrogens with one attached hydrogen (secondary N) is 1. The number of aromatic nitrogens is 4. The molecule has 26 heavy (non-hydrogen) atoms. The number of nitrogens with two attached hydrogens (primary N) is 1. The van der Waals surface area contributed by atoms with Gasteiger partial charge in [0, 0.05) is 42.4 Å². The second kappa shape index (κ2) is 6.87. The predicted molar refractivity (Wildman–Crippen MR) is 104 cm³/mol. The van der Waals surface area contributed by atoms with E-state index in [9.17, 15) is 0 Å². The fourth-order valence-corrected chi connectivity index (χ4v) is 3.62. The van der Waals surface area contributed by atoms with Gasteiger partial charge < -0.3 is 15.4 Å². The molecule has 0 unspecified atom stereocenters. The van der Waals surface area contributed by atoms with Gasteiger partial charge in [-0.15, -0.1) is 0 Å². The minimum atomic E-state index is 0.488. The van der Waals surface area contributed by atoms with E-state index in [2.05, 4.69) is 25.1 Å². The van der Waals surface area contributed by atoms with Crippen molar-refractivity contribution in [1.29, 1.82) is 0 Å². The Labute approximate surface area is 156 Å². The van der Waals surface area contributed by atoms with Crippen LogP contribution in [0.2, 0.25) is 0 Å². The van der Waals surface area contributed by atoms with Crippen LogP contribution in [-0.2, 0) is 13.0 Å². The molecule has 0 spiro atoms. The fourth-order valence-electron chi connectivity index (χ4n) is 3.24. The molecule has 134 valence electrons. The molecule has 8 heteroatoms. The van der Waals surface area contributed by atoms with Gasteiger partial charge in [0.05, 0.1) is 7.11 Å². The topological polar surface area (TPSA) is 93.0 Å². The Hall–Kier alpha value is -2.74. The predicted octanol–water partition coefficient (Wildman–Crippen LogP) is 2.74. The largest absolute Gasteiger partial charge is 0.496 e. The summed E-state index contributed by atoms with van der Waals surface area (Å²) in [7, 11) is 1.68. The number of methoxy groups -OCH3 is 1. The van der Waals surface area contributed by atoms with Crippen molar-refractivity contribution in [3.05, 3.63) is 41.6 Å². The van der Waals surface area contributed by atoms with E-state index in [1.54, 1.807) is 7.11 Å². The Morgan fingerprint density at radius 3 is 2.92 bits per heavy atom. The van der Waals surface area contributed by atoms with Crippen LogP contribution in [0.1, 0.15) is 11.3 Å². The molecule has 1 aliphatic heterocycles. The number of thioether (sulfide) groups is 1. The molecule has 3 aromatic rings. The van der Waals surface area contributed by atoms with E-state index >= 15 is 0 Å². The van der Waals surface area contributed by atoms with E-state index in [0.717, 1.165) is 41.5 Å². The molecule has 0 saturated heterocycles. The van der Waals surface area contributed by atoms with Gasteiger partial charge in [-0.25, -0.2) is 9.97 Å². The molecule has 7 nitrogen and oxygen atoms in total. The second-order valence-corrected chi connectivity index (χ2v) is 6.81. The van der Waals surface area contributed by atoms with Gasteiger partial charge in [-0.1, -0.05) is 23.9 Å². The number of nitrogen functional groups attached to an aromatic ring is 1. The first-order valence-corrected chi connectivity index (χ1v) is 9.55. The Morgan fingerprint density at radius 2 is 2.12 bits per heavy atom. The van der Waals surface area contributed by atoms with Crippen molar-refractivity contribution in [2.24, 2.45) is 0 Å². The van der Waals surface area contributed by atoms with Gasteiger partial charge in [-0.3, -0.25) is 5.10 Å². The van der Waals surface area contributed by atoms with Crippen LogP contribution in [0.5, 0.6) is 5.75 Å². The first-order chi connectivity index (χ1) is 12.7. The van der Waals surface area contributed by atoms with E-state index < -0.39 is 0 Å². The van der Waals surface area contributed by atoms with Crippen LogP contribution in [0.3, 0.4) is 0 Å². The van der Waals surface area contributed by atoms with Gasteiger partial charge in [0.1, 0.15) is 23.1 Å². The number of anilines is 2. The number of nitrogens with zero attached hydrogens (tertiary/aromatic N) is 4. The Balaban J connectivity index is 1.71. The van der Waals surface area contributed by atoms with Gasteiger partial charge in [0.2, 0.25) is 0 Å². The lowest BCUT2D eigenvalue weighted by atomic mass is 10.0. The number of benzene rings is 1. The minimum Gasteiger partial charge on any atom is -0.496 e. The molecule has 2 aromatic heterocycles. The number of rotatable bonds is 4. The van der Waals surface area contributed by atoms with Crippen LogP contribution in [-0.4, -0.2) is 40.1 Å². The van der Waals surface area contributed by atoms with Crippen LogP contribution in [0.25, 0.3) is 11.3 Å². The average molecular weight is 368 g/mol. The molecule has 0 saturated carbocycles. The number of hydrogen-bond donors (Lipinski definition) is 2. The summed E-state index contributed by atoms with van der Waals surface area (Å²) >= 11 is 1.49. The van der Waals surface area contributed by atoms with E-state index in [1.807, 2.05) is 36.6 Å². The normalized spacial score (nSPS) is 13.5. The highest BCUT2D eigenvalue weighted by Crippen LogP contribution is 2.35. The van der Waals surface area contributed by atoms with Crippen LogP contribution < -0.4 is 15.4 Å². The molecular formula is C18H20N6OS. The molecule has 0 fully saturated rings. The zero-order valence-electron chi connectivity index (χ0n) is 14.7. The number of para-hydroxylation sites is 1. The summed E-state index contributed by atoms with van der Waals surface area (Å²) in [6.07, 6.45) is 2.82. The SMILES string of the molecule is COc1ccccc1-c1n[nH]c2c1CN(c1cc(N)nc(SC)n1)CC2. The van der Waals surface area contributed by atoms with Crippen molar-refractivity contribution in [3.63, 3.8) is 0 Å². The zero-order valence-corrected chi connectivity index (χ0v) is 15.5. The molecule has 0 radical (unpaired) electrons. The third-order valence-corrected chi connectivity index (χ3v) is 5.06. The van der Waals surface area contributed by atoms with Crippen molar-refractivity contribution in [1.82, 2.24) is 20.2 Å². The van der Waals surface area contributed by atoms with Crippen molar-refractivity contribution >= 4 is 23.4 Å². The molecule has 3 N–H and O–H groups in total. The van der Waals surface area contributed by atoms with Gasteiger partial charge >= 0.3 is 0 Å². The lowest BCUT2D eigenvalue weighted by Crippen LogP contribution is -2.31. The molecule has 0 bridgehead atoms. The number of fused-ring (bicyclic) bond motifs is 1. The molecule has 1 aliphatic rings. The average Bonchev–Trinajstić information content (AvgIpc) is 3.10. The summed E-state index contributed by atoms with van der Waals surface area (Å²) in [6, 6.07) is 9.76. The van der Waals surface area contributed by atoms with Crippen LogP contribution in [0.15, 0.2) is 35.5 Å². The standard InChI is InChI=1S/C18H20N6OS/c1-25-14-6-4-3-5-11(14)17-12-10-24(8-7-13(12)22-23-17)16-9-15(19)20-18(21-16)26-2/h3-6,9H,7-8,10H2,1-2H3,(H,22,23)(H2,19,20,21). The van der Waals surface area contributed by atoms with Crippen molar-refractivity contribution < 1.29 is 4.74 Å². The van der Waals surface area contributed by atoms with Crippen LogP contribution >= 0.6 is 11.8 Å². The maximum Gasteiger partial charge on any atom is 0.191 e. The molecule has 1 aromatic carbocycles. The third kappa shape index (κ3) is 2.96. The molecule has 4 rings (SSSR count). The molecule has 0 amide bonds. The highest BCUT2D eigenvalue weighted by Gasteiger charge is 2.25. The Bertz CT molecular complexity index is 941. The van der Waals surface area contributed by atoms with Gasteiger partial charge in [0.15, 0.2) is 5.16 Å². The smallest absolute Gasteiger partial charge is 0.191 e. The highest BCUT2D eigenvalue weighted by molar-refractivity contribution is 7.98.